The molecule has 0 aliphatic heterocycles. The average molecular weight is 363 g/mol. The van der Waals surface area contributed by atoms with E-state index in [0.717, 1.165) is 27.3 Å². The Morgan fingerprint density at radius 2 is 1.58 bits per heavy atom. The smallest absolute Gasteiger partial charge is 0.279 e. The molecule has 4 N–H and O–H groups in total. The van der Waals surface area contributed by atoms with Gasteiger partial charge in [0.15, 0.2) is 13.1 Å². The summed E-state index contributed by atoms with van der Waals surface area (Å²) in [5, 5.41) is 8.22. The largest absolute Gasteiger partial charge is 0.355 e. The number of aryl methyl sites for hydroxylation is 3. The number of quaternary nitrogens is 1. The number of likely N-dealkylation sites (N-methyl/N-ethyl adjacent to an activating group) is 2. The molecule has 0 spiro atoms. The zero-order valence-electron chi connectivity index (χ0n) is 16.6. The highest BCUT2D eigenvalue weighted by molar-refractivity contribution is 5.93. The van der Waals surface area contributed by atoms with Crippen molar-refractivity contribution in [2.75, 3.05) is 32.0 Å². The zero-order chi connectivity index (χ0) is 19.9. The lowest BCUT2D eigenvalue weighted by molar-refractivity contribution is -0.862. The molecule has 0 saturated carbocycles. The van der Waals surface area contributed by atoms with Crippen molar-refractivity contribution in [2.24, 2.45) is 0 Å². The summed E-state index contributed by atoms with van der Waals surface area (Å²) in [5.41, 5.74) is 4.00. The molecule has 1 aromatic rings. The molecule has 0 heterocycles. The van der Waals surface area contributed by atoms with E-state index in [1.54, 1.807) is 14.0 Å². The van der Waals surface area contributed by atoms with Crippen LogP contribution in [0.1, 0.15) is 30.5 Å². The van der Waals surface area contributed by atoms with E-state index in [9.17, 15) is 14.4 Å². The van der Waals surface area contributed by atoms with Crippen molar-refractivity contribution in [3.63, 3.8) is 0 Å². The molecule has 0 aromatic heterocycles. The molecule has 0 saturated heterocycles. The predicted octanol–water partition coefficient (Wildman–Crippen LogP) is -0.294. The SMILES string of the molecule is CCNC(=O)[C@@H](C)NC(=O)C[NH+](C)CC(=O)Nc1c(C)cc(C)cc1C. The molecule has 1 unspecified atom stereocenters. The van der Waals surface area contributed by atoms with Gasteiger partial charge in [-0.05, 0) is 45.7 Å². The van der Waals surface area contributed by atoms with Crippen LogP contribution < -0.4 is 20.9 Å². The van der Waals surface area contributed by atoms with Crippen LogP contribution in [-0.2, 0) is 14.4 Å². The number of carbonyl (C=O) groups excluding carboxylic acids is 3. The van der Waals surface area contributed by atoms with Crippen molar-refractivity contribution in [3.05, 3.63) is 28.8 Å². The van der Waals surface area contributed by atoms with E-state index >= 15 is 0 Å². The highest BCUT2D eigenvalue weighted by atomic mass is 16.2. The first kappa shape index (κ1) is 21.6. The van der Waals surface area contributed by atoms with Gasteiger partial charge in [-0.25, -0.2) is 0 Å². The van der Waals surface area contributed by atoms with E-state index in [2.05, 4.69) is 16.0 Å². The van der Waals surface area contributed by atoms with Crippen LogP contribution in [0.25, 0.3) is 0 Å². The summed E-state index contributed by atoms with van der Waals surface area (Å²) >= 11 is 0. The van der Waals surface area contributed by atoms with Gasteiger partial charge in [0.05, 0.1) is 7.05 Å². The van der Waals surface area contributed by atoms with Gasteiger partial charge in [0.2, 0.25) is 5.91 Å². The molecule has 0 bridgehead atoms. The maximum atomic E-state index is 12.3. The lowest BCUT2D eigenvalue weighted by atomic mass is 10.1. The molecule has 1 rings (SSSR count). The van der Waals surface area contributed by atoms with Gasteiger partial charge in [-0.1, -0.05) is 17.7 Å². The first-order chi connectivity index (χ1) is 12.1. The minimum atomic E-state index is -0.595. The summed E-state index contributed by atoms with van der Waals surface area (Å²) in [6.45, 7) is 10.2. The molecule has 2 atom stereocenters. The van der Waals surface area contributed by atoms with E-state index in [0.29, 0.717) is 6.54 Å². The third kappa shape index (κ3) is 6.84. The Hall–Kier alpha value is -2.41. The van der Waals surface area contributed by atoms with Gasteiger partial charge in [-0.3, -0.25) is 14.4 Å². The zero-order valence-corrected chi connectivity index (χ0v) is 16.6. The number of carbonyl (C=O) groups is 3. The minimum absolute atomic E-state index is 0.114. The van der Waals surface area contributed by atoms with Crippen LogP contribution in [0.15, 0.2) is 12.1 Å². The lowest BCUT2D eigenvalue weighted by Crippen LogP contribution is -3.11. The molecular formula is C19H31N4O3+. The van der Waals surface area contributed by atoms with Gasteiger partial charge >= 0.3 is 0 Å². The first-order valence-corrected chi connectivity index (χ1v) is 8.90. The number of rotatable bonds is 8. The van der Waals surface area contributed by atoms with Gasteiger partial charge < -0.3 is 20.9 Å². The summed E-state index contributed by atoms with van der Waals surface area (Å²) < 4.78 is 0. The fourth-order valence-electron chi connectivity index (χ4n) is 2.86. The van der Waals surface area contributed by atoms with E-state index < -0.39 is 6.04 Å². The average Bonchev–Trinajstić information content (AvgIpc) is 2.50. The number of hydrogen-bond acceptors (Lipinski definition) is 3. The minimum Gasteiger partial charge on any atom is -0.355 e. The third-order valence-electron chi connectivity index (χ3n) is 3.99. The summed E-state index contributed by atoms with van der Waals surface area (Å²) in [5.74, 6) is -0.638. The molecular weight excluding hydrogens is 332 g/mol. The van der Waals surface area contributed by atoms with Gasteiger partial charge in [0, 0.05) is 12.2 Å². The second-order valence-corrected chi connectivity index (χ2v) is 6.82. The van der Waals surface area contributed by atoms with Crippen LogP contribution >= 0.6 is 0 Å². The fourth-order valence-corrected chi connectivity index (χ4v) is 2.86. The Morgan fingerprint density at radius 1 is 1.04 bits per heavy atom. The standard InChI is InChI=1S/C19H30N4O3/c1-7-20-19(26)15(5)21-16(24)10-23(6)11-17(25)22-18-13(3)8-12(2)9-14(18)4/h8-9,15H,7,10-11H2,1-6H3,(H,20,26)(H,21,24)(H,22,25)/p+1/t15-/m1/s1. The van der Waals surface area contributed by atoms with Crippen LogP contribution in [0.4, 0.5) is 5.69 Å². The van der Waals surface area contributed by atoms with Crippen molar-refractivity contribution in [1.29, 1.82) is 0 Å². The molecule has 7 nitrogen and oxygen atoms in total. The topological polar surface area (TPSA) is 91.7 Å². The fraction of sp³-hybridized carbons (Fsp3) is 0.526. The number of amides is 3. The maximum Gasteiger partial charge on any atom is 0.279 e. The van der Waals surface area contributed by atoms with Gasteiger partial charge in [-0.2, -0.15) is 0 Å². The molecule has 0 fully saturated rings. The van der Waals surface area contributed by atoms with Gasteiger partial charge in [0.25, 0.3) is 11.8 Å². The monoisotopic (exact) mass is 363 g/mol. The van der Waals surface area contributed by atoms with Crippen molar-refractivity contribution in [1.82, 2.24) is 10.6 Å². The van der Waals surface area contributed by atoms with Crippen molar-refractivity contribution in [2.45, 2.75) is 40.7 Å². The Bertz CT molecular complexity index is 650. The molecule has 26 heavy (non-hydrogen) atoms. The second-order valence-electron chi connectivity index (χ2n) is 6.82. The Morgan fingerprint density at radius 3 is 2.12 bits per heavy atom. The summed E-state index contributed by atoms with van der Waals surface area (Å²) in [4.78, 5) is 36.7. The van der Waals surface area contributed by atoms with Crippen LogP contribution in [0, 0.1) is 20.8 Å². The molecule has 1 aromatic carbocycles. The third-order valence-corrected chi connectivity index (χ3v) is 3.99. The Labute approximate surface area is 155 Å². The normalized spacial score (nSPS) is 12.8. The van der Waals surface area contributed by atoms with Crippen LogP contribution in [0.3, 0.4) is 0 Å². The van der Waals surface area contributed by atoms with Crippen molar-refractivity contribution in [3.8, 4) is 0 Å². The predicted molar refractivity (Wildman–Crippen MR) is 102 cm³/mol. The van der Waals surface area contributed by atoms with Crippen LogP contribution in [0.2, 0.25) is 0 Å². The van der Waals surface area contributed by atoms with E-state index in [1.165, 1.54) is 0 Å². The van der Waals surface area contributed by atoms with Gasteiger partial charge in [0.1, 0.15) is 6.04 Å². The number of hydrogen-bond donors (Lipinski definition) is 4. The molecule has 144 valence electrons. The second kappa shape index (κ2) is 9.91. The van der Waals surface area contributed by atoms with Crippen molar-refractivity contribution < 1.29 is 19.3 Å². The molecule has 7 heteroatoms. The molecule has 0 radical (unpaired) electrons. The summed E-state index contributed by atoms with van der Waals surface area (Å²) in [6.07, 6.45) is 0. The molecule has 3 amide bonds. The number of benzene rings is 1. The highest BCUT2D eigenvalue weighted by Crippen LogP contribution is 2.21. The molecule has 0 aliphatic carbocycles. The van der Waals surface area contributed by atoms with E-state index in [-0.39, 0.29) is 30.8 Å². The Kier molecular flexibility index (Phi) is 8.25. The van der Waals surface area contributed by atoms with E-state index in [4.69, 9.17) is 0 Å². The summed E-state index contributed by atoms with van der Waals surface area (Å²) in [6, 6.07) is 3.45. The Balaban J connectivity index is 2.52. The van der Waals surface area contributed by atoms with Gasteiger partial charge in [-0.15, -0.1) is 0 Å². The lowest BCUT2D eigenvalue weighted by Gasteiger charge is -2.17. The quantitative estimate of drug-likeness (QED) is 0.511. The van der Waals surface area contributed by atoms with Crippen LogP contribution in [0.5, 0.6) is 0 Å². The van der Waals surface area contributed by atoms with Crippen molar-refractivity contribution >= 4 is 23.4 Å². The first-order valence-electron chi connectivity index (χ1n) is 8.90. The summed E-state index contributed by atoms with van der Waals surface area (Å²) in [7, 11) is 1.77. The highest BCUT2D eigenvalue weighted by Gasteiger charge is 2.19. The van der Waals surface area contributed by atoms with Crippen LogP contribution in [-0.4, -0.2) is 50.4 Å². The number of nitrogens with one attached hydrogen (secondary N) is 4. The maximum absolute atomic E-state index is 12.3. The number of anilines is 1. The molecule has 0 aliphatic rings. The van der Waals surface area contributed by atoms with E-state index in [1.807, 2.05) is 39.8 Å².